The fourth-order valence-electron chi connectivity index (χ4n) is 9.88. The van der Waals surface area contributed by atoms with Crippen LogP contribution in [0.4, 0.5) is 0 Å². The molecular weight excluding hydrogens is 961 g/mol. The molecule has 0 N–H and O–H groups in total. The van der Waals surface area contributed by atoms with Crippen molar-refractivity contribution in [3.8, 4) is 0 Å². The van der Waals surface area contributed by atoms with E-state index >= 15 is 0 Å². The maximum absolute atomic E-state index is 12.9. The van der Waals surface area contributed by atoms with Crippen molar-refractivity contribution >= 4 is 17.9 Å². The van der Waals surface area contributed by atoms with Gasteiger partial charge in [0.05, 0.1) is 0 Å². The van der Waals surface area contributed by atoms with E-state index in [0.717, 1.165) is 103 Å². The van der Waals surface area contributed by atoms with Crippen molar-refractivity contribution < 1.29 is 28.6 Å². The van der Waals surface area contributed by atoms with Crippen LogP contribution in [-0.4, -0.2) is 37.2 Å². The van der Waals surface area contributed by atoms with Crippen molar-refractivity contribution in [2.75, 3.05) is 13.2 Å². The Labute approximate surface area is 484 Å². The van der Waals surface area contributed by atoms with Gasteiger partial charge in [-0.3, -0.25) is 14.4 Å². The second kappa shape index (κ2) is 66.4. The Kier molecular flexibility index (Phi) is 63.7. The van der Waals surface area contributed by atoms with E-state index in [0.29, 0.717) is 19.3 Å². The molecule has 6 heteroatoms. The monoisotopic (exact) mass is 1090 g/mol. The summed E-state index contributed by atoms with van der Waals surface area (Å²) < 4.78 is 16.9. The van der Waals surface area contributed by atoms with Gasteiger partial charge in [0.2, 0.25) is 0 Å². The van der Waals surface area contributed by atoms with Gasteiger partial charge < -0.3 is 14.2 Å². The highest BCUT2D eigenvalue weighted by Gasteiger charge is 2.19. The average molecular weight is 1090 g/mol. The number of rotatable bonds is 62. The third-order valence-electron chi connectivity index (χ3n) is 14.9. The molecule has 452 valence electrons. The molecular formula is C72H128O6. The molecule has 0 aliphatic carbocycles. The number of ether oxygens (including phenoxy) is 3. The summed E-state index contributed by atoms with van der Waals surface area (Å²) in [6.45, 7) is 6.53. The molecule has 6 nitrogen and oxygen atoms in total. The van der Waals surface area contributed by atoms with Crippen LogP contribution in [0.5, 0.6) is 0 Å². The SMILES string of the molecule is CC/C=C\C/C=C\C/C=C\C/C=C\CCCCCCCCC(=O)OC(COC(=O)CCCCCCCCCCCC)COC(=O)CCCCCCCCCCCCCCCCCCCCC/C=C\C/C=C\CCCCCCC. The highest BCUT2D eigenvalue weighted by molar-refractivity contribution is 5.71. The van der Waals surface area contributed by atoms with Gasteiger partial charge in [-0.2, -0.15) is 0 Å². The number of allylic oxidation sites excluding steroid dienone is 12. The summed E-state index contributed by atoms with van der Waals surface area (Å²) in [5.74, 6) is -0.875. The summed E-state index contributed by atoms with van der Waals surface area (Å²) in [6.07, 6.45) is 86.5. The third-order valence-corrected chi connectivity index (χ3v) is 14.9. The summed E-state index contributed by atoms with van der Waals surface area (Å²) in [5, 5.41) is 0. The normalized spacial score (nSPS) is 12.5. The Balaban J connectivity index is 4.13. The van der Waals surface area contributed by atoms with Crippen LogP contribution >= 0.6 is 0 Å². The summed E-state index contributed by atoms with van der Waals surface area (Å²) >= 11 is 0. The number of hydrogen-bond acceptors (Lipinski definition) is 6. The van der Waals surface area contributed by atoms with Crippen LogP contribution in [0.3, 0.4) is 0 Å². The lowest BCUT2D eigenvalue weighted by Gasteiger charge is -2.18. The predicted octanol–water partition coefficient (Wildman–Crippen LogP) is 23.3. The molecule has 0 amide bonds. The Morgan fingerprint density at radius 1 is 0.269 bits per heavy atom. The topological polar surface area (TPSA) is 78.9 Å². The lowest BCUT2D eigenvalue weighted by Crippen LogP contribution is -2.30. The van der Waals surface area contributed by atoms with Gasteiger partial charge in [-0.1, -0.05) is 312 Å². The maximum Gasteiger partial charge on any atom is 0.306 e. The molecule has 0 heterocycles. The Hall–Kier alpha value is -3.15. The van der Waals surface area contributed by atoms with E-state index in [9.17, 15) is 14.4 Å². The van der Waals surface area contributed by atoms with Gasteiger partial charge in [0.15, 0.2) is 6.10 Å². The first-order valence-electron chi connectivity index (χ1n) is 33.9. The molecule has 0 fully saturated rings. The van der Waals surface area contributed by atoms with Crippen molar-refractivity contribution in [3.63, 3.8) is 0 Å². The first kappa shape index (κ1) is 74.8. The standard InChI is InChI=1S/C72H128O6/c1-4-7-10-13-16-19-22-24-26-28-30-31-32-33-34-35-36-37-38-39-40-41-43-44-46-48-50-53-56-59-62-65-71(74)77-68-69(67-76-70(73)64-61-58-55-52-21-18-15-12-9-6-3)78-72(75)66-63-60-57-54-51-49-47-45-42-29-27-25-23-20-17-14-11-8-5-2/h8,11,17,20,22,24-25,27-28,30,42,45,69H,4-7,9-10,12-16,18-19,21,23,26,29,31-41,43-44,46-68H2,1-3H3/b11-8-,20-17-,24-22-,27-25-,30-28-,45-42-. The van der Waals surface area contributed by atoms with E-state index in [-0.39, 0.29) is 31.1 Å². The van der Waals surface area contributed by atoms with Crippen LogP contribution in [0, 0.1) is 0 Å². The summed E-state index contributed by atoms with van der Waals surface area (Å²) in [4.78, 5) is 38.3. The molecule has 0 bridgehead atoms. The zero-order valence-corrected chi connectivity index (χ0v) is 51.9. The highest BCUT2D eigenvalue weighted by atomic mass is 16.6. The van der Waals surface area contributed by atoms with E-state index < -0.39 is 6.10 Å². The minimum atomic E-state index is -0.781. The molecule has 0 radical (unpaired) electrons. The Morgan fingerprint density at radius 2 is 0.500 bits per heavy atom. The quantitative estimate of drug-likeness (QED) is 0.0261. The van der Waals surface area contributed by atoms with Gasteiger partial charge >= 0.3 is 17.9 Å². The molecule has 78 heavy (non-hydrogen) atoms. The smallest absolute Gasteiger partial charge is 0.306 e. The Bertz CT molecular complexity index is 1440. The van der Waals surface area contributed by atoms with E-state index in [1.807, 2.05) is 0 Å². The number of hydrogen-bond donors (Lipinski definition) is 0. The van der Waals surface area contributed by atoms with Gasteiger partial charge in [-0.05, 0) is 89.9 Å². The lowest BCUT2D eigenvalue weighted by atomic mass is 10.0. The third kappa shape index (κ3) is 63.7. The van der Waals surface area contributed by atoms with Crippen LogP contribution in [-0.2, 0) is 28.6 Å². The maximum atomic E-state index is 12.9. The lowest BCUT2D eigenvalue weighted by molar-refractivity contribution is -0.167. The van der Waals surface area contributed by atoms with Gasteiger partial charge in [-0.25, -0.2) is 0 Å². The molecule has 0 aliphatic rings. The molecule has 1 atom stereocenters. The van der Waals surface area contributed by atoms with E-state index in [4.69, 9.17) is 14.2 Å². The summed E-state index contributed by atoms with van der Waals surface area (Å²) in [7, 11) is 0. The molecule has 0 rings (SSSR count). The molecule has 0 aromatic rings. The average Bonchev–Trinajstić information content (AvgIpc) is 3.44. The van der Waals surface area contributed by atoms with Crippen molar-refractivity contribution in [1.82, 2.24) is 0 Å². The molecule has 0 saturated carbocycles. The number of carbonyl (C=O) groups excluding carboxylic acids is 3. The largest absolute Gasteiger partial charge is 0.462 e. The van der Waals surface area contributed by atoms with E-state index in [2.05, 4.69) is 93.7 Å². The minimum Gasteiger partial charge on any atom is -0.462 e. The van der Waals surface area contributed by atoms with E-state index in [1.54, 1.807) is 0 Å². The zero-order valence-electron chi connectivity index (χ0n) is 51.9. The highest BCUT2D eigenvalue weighted by Crippen LogP contribution is 2.17. The van der Waals surface area contributed by atoms with Gasteiger partial charge in [0, 0.05) is 19.3 Å². The number of esters is 3. The fraction of sp³-hybridized carbons (Fsp3) is 0.792. The predicted molar refractivity (Wildman–Crippen MR) is 339 cm³/mol. The van der Waals surface area contributed by atoms with Crippen molar-refractivity contribution in [2.24, 2.45) is 0 Å². The van der Waals surface area contributed by atoms with Crippen molar-refractivity contribution in [3.05, 3.63) is 72.9 Å². The van der Waals surface area contributed by atoms with Gasteiger partial charge in [-0.15, -0.1) is 0 Å². The van der Waals surface area contributed by atoms with Crippen LogP contribution in [0.1, 0.15) is 348 Å². The second-order valence-corrected chi connectivity index (χ2v) is 22.7. The summed E-state index contributed by atoms with van der Waals surface area (Å²) in [5.41, 5.74) is 0. The van der Waals surface area contributed by atoms with Crippen LogP contribution in [0.15, 0.2) is 72.9 Å². The fourth-order valence-corrected chi connectivity index (χ4v) is 9.88. The molecule has 0 aromatic heterocycles. The first-order chi connectivity index (χ1) is 38.5. The van der Waals surface area contributed by atoms with Crippen molar-refractivity contribution in [2.45, 2.75) is 354 Å². The minimum absolute atomic E-state index is 0.0772. The summed E-state index contributed by atoms with van der Waals surface area (Å²) in [6, 6.07) is 0. The van der Waals surface area contributed by atoms with Crippen LogP contribution < -0.4 is 0 Å². The molecule has 0 aliphatic heterocycles. The zero-order chi connectivity index (χ0) is 56.4. The van der Waals surface area contributed by atoms with E-state index in [1.165, 1.54) is 205 Å². The van der Waals surface area contributed by atoms with Gasteiger partial charge in [0.25, 0.3) is 0 Å². The number of carbonyl (C=O) groups is 3. The molecule has 0 aromatic carbocycles. The second-order valence-electron chi connectivity index (χ2n) is 22.7. The Morgan fingerprint density at radius 3 is 0.782 bits per heavy atom. The molecule has 0 saturated heterocycles. The molecule has 0 spiro atoms. The van der Waals surface area contributed by atoms with Crippen LogP contribution in [0.25, 0.3) is 0 Å². The first-order valence-corrected chi connectivity index (χ1v) is 33.9. The van der Waals surface area contributed by atoms with Crippen molar-refractivity contribution in [1.29, 1.82) is 0 Å². The molecule has 1 unspecified atom stereocenters. The van der Waals surface area contributed by atoms with Crippen LogP contribution in [0.2, 0.25) is 0 Å². The van der Waals surface area contributed by atoms with Gasteiger partial charge in [0.1, 0.15) is 13.2 Å². The number of unbranched alkanes of at least 4 members (excludes halogenated alkanes) is 39.